The van der Waals surface area contributed by atoms with Gasteiger partial charge in [-0.25, -0.2) is 0 Å². The van der Waals surface area contributed by atoms with Crippen molar-refractivity contribution in [1.29, 1.82) is 0 Å². The molecule has 1 heterocycles. The highest BCUT2D eigenvalue weighted by Gasteiger charge is 2.56. The van der Waals surface area contributed by atoms with Gasteiger partial charge in [0.1, 0.15) is 5.82 Å². The second-order valence-electron chi connectivity index (χ2n) is 6.30. The van der Waals surface area contributed by atoms with Gasteiger partial charge >= 0.3 is 0 Å². The number of hydrogen-bond acceptors (Lipinski definition) is 2. The van der Waals surface area contributed by atoms with Gasteiger partial charge in [-0.05, 0) is 61.9 Å². The lowest BCUT2D eigenvalue weighted by atomic mass is 9.92. The molecule has 3 unspecified atom stereocenters. The fourth-order valence-electron chi connectivity index (χ4n) is 3.97. The minimum absolute atomic E-state index is 0.370. The number of aryl methyl sites for hydroxylation is 1. The van der Waals surface area contributed by atoms with Crippen LogP contribution in [0.3, 0.4) is 0 Å². The third-order valence-electron chi connectivity index (χ3n) is 4.88. The predicted octanol–water partition coefficient (Wildman–Crippen LogP) is 3.96. The number of rotatable bonds is 2. The highest BCUT2D eigenvalue weighted by atomic mass is 32.1. The zero-order valence-electron chi connectivity index (χ0n) is 11.8. The summed E-state index contributed by atoms with van der Waals surface area (Å²) >= 11 is 5.38. The van der Waals surface area contributed by atoms with Gasteiger partial charge < -0.3 is 4.57 Å². The number of aromatic nitrogens is 3. The summed E-state index contributed by atoms with van der Waals surface area (Å²) in [4.78, 5) is 0. The average molecular weight is 285 g/mol. The molecule has 1 fully saturated rings. The third-order valence-corrected chi connectivity index (χ3v) is 5.16. The van der Waals surface area contributed by atoms with Gasteiger partial charge in [0.05, 0.1) is 0 Å². The average Bonchev–Trinajstić information content (AvgIpc) is 3.06. The number of H-pyrrole nitrogens is 1. The fraction of sp³-hybridized carbons (Fsp3) is 0.500. The molecule has 1 aromatic carbocycles. The van der Waals surface area contributed by atoms with Crippen LogP contribution in [0.1, 0.15) is 55.1 Å². The number of nitrogens with one attached hydrogen (secondary N) is 1. The smallest absolute Gasteiger partial charge is 0.195 e. The van der Waals surface area contributed by atoms with Crippen LogP contribution in [-0.2, 0) is 6.42 Å². The Morgan fingerprint density at radius 1 is 1.30 bits per heavy atom. The first-order valence-electron chi connectivity index (χ1n) is 7.43. The van der Waals surface area contributed by atoms with Gasteiger partial charge in [0.2, 0.25) is 0 Å². The van der Waals surface area contributed by atoms with E-state index >= 15 is 0 Å². The summed E-state index contributed by atoms with van der Waals surface area (Å²) in [6.45, 7) is 4.35. The van der Waals surface area contributed by atoms with Crippen molar-refractivity contribution in [3.05, 3.63) is 46.0 Å². The van der Waals surface area contributed by atoms with Gasteiger partial charge in [0, 0.05) is 12.0 Å². The van der Waals surface area contributed by atoms with Gasteiger partial charge in [-0.2, -0.15) is 5.10 Å². The summed E-state index contributed by atoms with van der Waals surface area (Å²) in [6, 6.07) is 9.26. The minimum Gasteiger partial charge on any atom is -0.301 e. The first-order valence-corrected chi connectivity index (χ1v) is 7.84. The Morgan fingerprint density at radius 2 is 2.10 bits per heavy atom. The van der Waals surface area contributed by atoms with E-state index in [0.717, 1.165) is 16.5 Å². The van der Waals surface area contributed by atoms with Gasteiger partial charge in [-0.3, -0.25) is 5.10 Å². The van der Waals surface area contributed by atoms with Crippen LogP contribution in [0.15, 0.2) is 24.3 Å². The molecule has 1 N–H and O–H groups in total. The standard InChI is InChI=1S/C16H19N3S/c1-9(2)19-15(17-18-16(19)20)14-12-8-7-10-5-3-4-6-11(10)13(12)14/h3-6,9,12-14H,7-8H2,1-2H3,(H,18,20). The molecule has 104 valence electrons. The molecule has 0 aliphatic heterocycles. The molecule has 0 amide bonds. The molecule has 0 saturated heterocycles. The Morgan fingerprint density at radius 3 is 2.90 bits per heavy atom. The summed E-state index contributed by atoms with van der Waals surface area (Å²) in [5.41, 5.74) is 3.07. The van der Waals surface area contributed by atoms with Crippen LogP contribution < -0.4 is 0 Å². The summed E-state index contributed by atoms with van der Waals surface area (Å²) in [6.07, 6.45) is 2.49. The van der Waals surface area contributed by atoms with Crippen LogP contribution in [0, 0.1) is 10.7 Å². The lowest BCUT2D eigenvalue weighted by Crippen LogP contribution is -2.06. The van der Waals surface area contributed by atoms with E-state index < -0.39 is 0 Å². The Kier molecular flexibility index (Phi) is 2.64. The predicted molar refractivity (Wildman–Crippen MR) is 81.5 cm³/mol. The molecular weight excluding hydrogens is 266 g/mol. The van der Waals surface area contributed by atoms with Crippen LogP contribution in [0.2, 0.25) is 0 Å². The number of hydrogen-bond donors (Lipinski definition) is 1. The third kappa shape index (κ3) is 1.64. The van der Waals surface area contributed by atoms with Gasteiger partial charge in [-0.15, -0.1) is 0 Å². The maximum Gasteiger partial charge on any atom is 0.195 e. The lowest BCUT2D eigenvalue weighted by Gasteiger charge is -2.13. The fourth-order valence-corrected chi connectivity index (χ4v) is 4.32. The Hall–Kier alpha value is -1.42. The van der Waals surface area contributed by atoms with Crippen molar-refractivity contribution >= 4 is 12.2 Å². The SMILES string of the molecule is CC(C)n1c(C2C3CCc4ccccc4C32)n[nH]c1=S. The molecule has 1 aromatic heterocycles. The van der Waals surface area contributed by atoms with E-state index in [1.54, 1.807) is 0 Å². The molecule has 2 aliphatic rings. The van der Waals surface area contributed by atoms with Crippen LogP contribution in [-0.4, -0.2) is 14.8 Å². The lowest BCUT2D eigenvalue weighted by molar-refractivity contribution is 0.552. The highest BCUT2D eigenvalue weighted by molar-refractivity contribution is 7.71. The van der Waals surface area contributed by atoms with E-state index in [1.807, 2.05) is 0 Å². The summed E-state index contributed by atoms with van der Waals surface area (Å²) in [5, 5.41) is 7.53. The quantitative estimate of drug-likeness (QED) is 0.847. The minimum atomic E-state index is 0.370. The Balaban J connectivity index is 1.76. The maximum absolute atomic E-state index is 5.38. The van der Waals surface area contributed by atoms with Crippen molar-refractivity contribution in [1.82, 2.24) is 14.8 Å². The first kappa shape index (κ1) is 12.3. The molecule has 0 spiro atoms. The number of nitrogens with zero attached hydrogens (tertiary/aromatic N) is 2. The van der Waals surface area contributed by atoms with E-state index in [4.69, 9.17) is 12.2 Å². The highest BCUT2D eigenvalue weighted by Crippen LogP contribution is 2.64. The van der Waals surface area contributed by atoms with Gasteiger partial charge in [0.25, 0.3) is 0 Å². The van der Waals surface area contributed by atoms with Crippen molar-refractivity contribution in [2.24, 2.45) is 5.92 Å². The van der Waals surface area contributed by atoms with Gasteiger partial charge in [-0.1, -0.05) is 24.3 Å². The monoisotopic (exact) mass is 285 g/mol. The largest absolute Gasteiger partial charge is 0.301 e. The van der Waals surface area contributed by atoms with Crippen molar-refractivity contribution in [2.45, 2.75) is 44.6 Å². The van der Waals surface area contributed by atoms with Crippen molar-refractivity contribution in [2.75, 3.05) is 0 Å². The summed E-state index contributed by atoms with van der Waals surface area (Å²) in [5.74, 6) is 3.13. The van der Waals surface area contributed by atoms with E-state index in [1.165, 1.54) is 24.0 Å². The van der Waals surface area contributed by atoms with Crippen LogP contribution >= 0.6 is 12.2 Å². The molecule has 3 atom stereocenters. The molecule has 1 saturated carbocycles. The van der Waals surface area contributed by atoms with E-state index in [2.05, 4.69) is 52.9 Å². The molecule has 2 aliphatic carbocycles. The molecule has 20 heavy (non-hydrogen) atoms. The number of benzene rings is 1. The molecule has 4 heteroatoms. The van der Waals surface area contributed by atoms with Crippen LogP contribution in [0.4, 0.5) is 0 Å². The molecular formula is C16H19N3S. The van der Waals surface area contributed by atoms with E-state index in [9.17, 15) is 0 Å². The number of aromatic amines is 1. The Bertz CT molecular complexity index is 713. The summed E-state index contributed by atoms with van der Waals surface area (Å²) in [7, 11) is 0. The first-order chi connectivity index (χ1) is 9.68. The van der Waals surface area contributed by atoms with Gasteiger partial charge in [0.15, 0.2) is 4.77 Å². The molecule has 0 bridgehead atoms. The van der Waals surface area contributed by atoms with Crippen molar-refractivity contribution in [3.63, 3.8) is 0 Å². The molecule has 3 nitrogen and oxygen atoms in total. The number of fused-ring (bicyclic) bond motifs is 3. The van der Waals surface area contributed by atoms with E-state index in [-0.39, 0.29) is 0 Å². The normalized spacial score (nSPS) is 27.2. The zero-order chi connectivity index (χ0) is 13.9. The molecule has 0 radical (unpaired) electrons. The topological polar surface area (TPSA) is 33.6 Å². The molecule has 4 rings (SSSR count). The second kappa shape index (κ2) is 4.29. The van der Waals surface area contributed by atoms with Crippen LogP contribution in [0.25, 0.3) is 0 Å². The second-order valence-corrected chi connectivity index (χ2v) is 6.69. The van der Waals surface area contributed by atoms with Crippen LogP contribution in [0.5, 0.6) is 0 Å². The zero-order valence-corrected chi connectivity index (χ0v) is 12.7. The van der Waals surface area contributed by atoms with E-state index in [0.29, 0.717) is 17.9 Å². The van der Waals surface area contributed by atoms with Crippen molar-refractivity contribution in [3.8, 4) is 0 Å². The maximum atomic E-state index is 5.38. The summed E-state index contributed by atoms with van der Waals surface area (Å²) < 4.78 is 2.95. The molecule has 2 aromatic rings. The Labute approximate surface area is 124 Å². The van der Waals surface area contributed by atoms with Crippen molar-refractivity contribution < 1.29 is 0 Å².